The first-order valence-electron chi connectivity index (χ1n) is 14.6. The molecule has 0 aromatic heterocycles. The van der Waals surface area contributed by atoms with Crippen molar-refractivity contribution in [2.45, 2.75) is 115 Å². The standard InChI is InChI=1S/C29H49NO11/c1-8-19-17(12-31)10-14(3)23(35)25(37)22(34)13(2)9-15(4)26(16(5)18(32)11-20(33)38-19)39-28-24(36)21(30(6)7)27-29(40-27)41-28/h10,13,15-19,21,23-29,31-32,35-37H,8-9,11-12H2,1-7H3/b14-10+/t13-,15+,16+,17-,18-,19-,21?,23?,24?,25?,26+,27?,28?,29?/m1/s1. The van der Waals surface area contributed by atoms with Crippen molar-refractivity contribution in [3.05, 3.63) is 11.6 Å². The summed E-state index contributed by atoms with van der Waals surface area (Å²) in [5, 5.41) is 53.7. The maximum Gasteiger partial charge on any atom is 0.308 e. The van der Waals surface area contributed by atoms with E-state index in [9.17, 15) is 35.1 Å². The van der Waals surface area contributed by atoms with E-state index in [4.69, 9.17) is 18.9 Å². The van der Waals surface area contributed by atoms with Gasteiger partial charge in [0.25, 0.3) is 0 Å². The highest BCUT2D eigenvalue weighted by molar-refractivity contribution is 5.85. The van der Waals surface area contributed by atoms with Crippen LogP contribution in [0.1, 0.15) is 53.9 Å². The highest BCUT2D eigenvalue weighted by atomic mass is 16.8. The van der Waals surface area contributed by atoms with Crippen LogP contribution in [0.15, 0.2) is 11.6 Å². The summed E-state index contributed by atoms with van der Waals surface area (Å²) in [5.41, 5.74) is 0.265. The first-order chi connectivity index (χ1) is 19.2. The zero-order valence-electron chi connectivity index (χ0n) is 25.1. The van der Waals surface area contributed by atoms with Crippen molar-refractivity contribution in [1.82, 2.24) is 4.90 Å². The van der Waals surface area contributed by atoms with E-state index in [0.29, 0.717) is 6.42 Å². The summed E-state index contributed by atoms with van der Waals surface area (Å²) in [6.45, 7) is 8.09. The Balaban J connectivity index is 1.92. The predicted octanol–water partition coefficient (Wildman–Crippen LogP) is -0.0256. The number of hydrogen-bond donors (Lipinski definition) is 5. The molecule has 0 amide bonds. The van der Waals surface area contributed by atoms with Gasteiger partial charge in [-0.25, -0.2) is 0 Å². The topological polar surface area (TPSA) is 179 Å². The van der Waals surface area contributed by atoms with Crippen molar-refractivity contribution in [3.8, 4) is 0 Å². The van der Waals surface area contributed by atoms with Crippen LogP contribution in [0.4, 0.5) is 0 Å². The van der Waals surface area contributed by atoms with E-state index >= 15 is 0 Å². The van der Waals surface area contributed by atoms with E-state index in [-0.39, 0.29) is 30.6 Å². The average Bonchev–Trinajstić information content (AvgIpc) is 3.69. The first-order valence-corrected chi connectivity index (χ1v) is 14.6. The fraction of sp³-hybridized carbons (Fsp3) is 0.862. The smallest absolute Gasteiger partial charge is 0.308 e. The summed E-state index contributed by atoms with van der Waals surface area (Å²) < 4.78 is 23.3. The van der Waals surface area contributed by atoms with Crippen molar-refractivity contribution in [1.29, 1.82) is 0 Å². The monoisotopic (exact) mass is 587 g/mol. The van der Waals surface area contributed by atoms with Crippen LogP contribution < -0.4 is 0 Å². The molecule has 0 spiro atoms. The fourth-order valence-corrected chi connectivity index (χ4v) is 6.16. The Labute approximate surface area is 242 Å². The molecule has 41 heavy (non-hydrogen) atoms. The number of epoxide rings is 1. The number of fused-ring (bicyclic) bond motifs is 1. The number of likely N-dealkylation sites (N-methyl/N-ethyl adjacent to an activating group) is 1. The largest absolute Gasteiger partial charge is 0.462 e. The van der Waals surface area contributed by atoms with Gasteiger partial charge in [-0.3, -0.25) is 9.59 Å². The first kappa shape index (κ1) is 34.0. The highest BCUT2D eigenvalue weighted by Gasteiger charge is 2.58. The van der Waals surface area contributed by atoms with Gasteiger partial charge >= 0.3 is 5.97 Å². The van der Waals surface area contributed by atoms with Crippen LogP contribution in [0.5, 0.6) is 0 Å². The second kappa shape index (κ2) is 14.3. The van der Waals surface area contributed by atoms with Gasteiger partial charge in [0.2, 0.25) is 0 Å². The van der Waals surface area contributed by atoms with Gasteiger partial charge in [-0.15, -0.1) is 0 Å². The Bertz CT molecular complexity index is 928. The molecule has 2 fully saturated rings. The number of nitrogens with zero attached hydrogens (tertiary/aromatic N) is 1. The number of esters is 1. The normalized spacial score (nSPS) is 46.4. The third kappa shape index (κ3) is 7.92. The minimum atomic E-state index is -1.71. The number of carbonyl (C=O) groups excluding carboxylic acids is 2. The molecule has 3 aliphatic rings. The van der Waals surface area contributed by atoms with Crippen LogP contribution in [0.2, 0.25) is 0 Å². The third-order valence-electron chi connectivity index (χ3n) is 8.78. The molecule has 7 unspecified atom stereocenters. The van der Waals surface area contributed by atoms with Gasteiger partial charge in [0.05, 0.1) is 31.3 Å². The summed E-state index contributed by atoms with van der Waals surface area (Å²) >= 11 is 0. The van der Waals surface area contributed by atoms with Gasteiger partial charge in [0.1, 0.15) is 30.5 Å². The van der Waals surface area contributed by atoms with Crippen LogP contribution in [0.3, 0.4) is 0 Å². The minimum absolute atomic E-state index is 0.219. The van der Waals surface area contributed by atoms with Crippen LogP contribution in [-0.4, -0.2) is 124 Å². The molecule has 5 N–H and O–H groups in total. The number of ketones is 1. The molecule has 0 aromatic rings. The van der Waals surface area contributed by atoms with Crippen LogP contribution in [-0.2, 0) is 28.5 Å². The Kier molecular flexibility index (Phi) is 11.9. The van der Waals surface area contributed by atoms with E-state index in [1.807, 2.05) is 25.9 Å². The van der Waals surface area contributed by atoms with E-state index in [1.165, 1.54) is 13.0 Å². The molecule has 0 radical (unpaired) electrons. The van der Waals surface area contributed by atoms with Gasteiger partial charge < -0.3 is 49.4 Å². The number of aliphatic hydroxyl groups excluding tert-OH is 5. The van der Waals surface area contributed by atoms with Crippen molar-refractivity contribution in [3.63, 3.8) is 0 Å². The molecule has 3 rings (SSSR count). The third-order valence-corrected chi connectivity index (χ3v) is 8.78. The van der Waals surface area contributed by atoms with E-state index in [2.05, 4.69) is 0 Å². The maximum absolute atomic E-state index is 13.2. The molecule has 3 heterocycles. The summed E-state index contributed by atoms with van der Waals surface area (Å²) in [7, 11) is 3.63. The second-order valence-electron chi connectivity index (χ2n) is 12.2. The summed E-state index contributed by atoms with van der Waals surface area (Å²) in [5.74, 6) is -3.69. The number of Topliss-reactive ketones (excluding diaryl/α,β-unsaturated/α-hetero) is 1. The molecule has 3 aliphatic heterocycles. The fourth-order valence-electron chi connectivity index (χ4n) is 6.16. The van der Waals surface area contributed by atoms with E-state index in [0.717, 1.165) is 0 Å². The summed E-state index contributed by atoms with van der Waals surface area (Å²) in [4.78, 5) is 27.9. The second-order valence-corrected chi connectivity index (χ2v) is 12.2. The maximum atomic E-state index is 13.2. The number of aliphatic hydroxyl groups is 5. The van der Waals surface area contributed by atoms with Gasteiger partial charge in [-0.2, -0.15) is 0 Å². The molecular formula is C29H49NO11. The van der Waals surface area contributed by atoms with Crippen molar-refractivity contribution >= 4 is 11.8 Å². The Morgan fingerprint density at radius 3 is 2.29 bits per heavy atom. The zero-order chi connectivity index (χ0) is 30.8. The molecule has 0 saturated carbocycles. The predicted molar refractivity (Wildman–Crippen MR) is 146 cm³/mol. The molecule has 12 nitrogen and oxygen atoms in total. The molecule has 2 saturated heterocycles. The molecule has 12 heteroatoms. The molecule has 14 atom stereocenters. The highest BCUT2D eigenvalue weighted by Crippen LogP contribution is 2.40. The number of cyclic esters (lactones) is 1. The number of carbonyl (C=O) groups is 2. The number of hydrogen-bond acceptors (Lipinski definition) is 12. The van der Waals surface area contributed by atoms with Crippen LogP contribution in [0.25, 0.3) is 0 Å². The number of rotatable bonds is 5. The van der Waals surface area contributed by atoms with E-state index in [1.54, 1.807) is 20.8 Å². The lowest BCUT2D eigenvalue weighted by molar-refractivity contribution is -0.268. The van der Waals surface area contributed by atoms with Gasteiger partial charge in [0, 0.05) is 17.8 Å². The van der Waals surface area contributed by atoms with Crippen molar-refractivity contribution in [2.24, 2.45) is 23.7 Å². The molecular weight excluding hydrogens is 538 g/mol. The number of ether oxygens (including phenoxy) is 4. The molecule has 0 bridgehead atoms. The van der Waals surface area contributed by atoms with Gasteiger partial charge in [0.15, 0.2) is 18.4 Å². The molecule has 0 aliphatic carbocycles. The van der Waals surface area contributed by atoms with E-state index < -0.39 is 91.2 Å². The lowest BCUT2D eigenvalue weighted by atomic mass is 9.81. The summed E-state index contributed by atoms with van der Waals surface area (Å²) in [6.07, 6.45) is -7.21. The molecule has 0 aromatic carbocycles. The van der Waals surface area contributed by atoms with Crippen molar-refractivity contribution in [2.75, 3.05) is 20.7 Å². The zero-order valence-corrected chi connectivity index (χ0v) is 25.1. The lowest BCUT2D eigenvalue weighted by Crippen LogP contribution is -2.56. The average molecular weight is 588 g/mol. The van der Waals surface area contributed by atoms with Gasteiger partial charge in [-0.1, -0.05) is 33.8 Å². The Morgan fingerprint density at radius 1 is 1.05 bits per heavy atom. The van der Waals surface area contributed by atoms with Crippen LogP contribution >= 0.6 is 0 Å². The van der Waals surface area contributed by atoms with Crippen molar-refractivity contribution < 1.29 is 54.1 Å². The quantitative estimate of drug-likeness (QED) is 0.165. The summed E-state index contributed by atoms with van der Waals surface area (Å²) in [6, 6.07) is -0.380. The Hall–Kier alpha value is -1.48. The molecule has 236 valence electrons. The van der Waals surface area contributed by atoms with Gasteiger partial charge in [-0.05, 0) is 45.4 Å². The SMILES string of the molecule is CC[C@H]1OC(=O)C[C@@H](O)[C@H](C)[C@@H](OC2OC3OC3C(N(C)C)C2O)[C@@H](C)C[C@@H](C)C(=O)C(O)C(O)/C(C)=C/[C@@H]1CO. The Morgan fingerprint density at radius 2 is 1.71 bits per heavy atom. The lowest BCUT2D eigenvalue weighted by Gasteiger charge is -2.40. The van der Waals surface area contributed by atoms with Crippen LogP contribution in [0, 0.1) is 23.7 Å². The minimum Gasteiger partial charge on any atom is -0.462 e.